The van der Waals surface area contributed by atoms with E-state index in [4.69, 9.17) is 14.6 Å². The number of carbonyl (C=O) groups is 2. The van der Waals surface area contributed by atoms with Crippen molar-refractivity contribution in [3.63, 3.8) is 0 Å². The molecule has 0 saturated heterocycles. The number of benzene rings is 1. The average Bonchev–Trinajstić information content (AvgIpc) is 2.85. The second-order valence-electron chi connectivity index (χ2n) is 3.66. The van der Waals surface area contributed by atoms with Crippen LogP contribution in [0.4, 0.5) is 0 Å². The van der Waals surface area contributed by atoms with Gasteiger partial charge in [-0.2, -0.15) is 0 Å². The first-order valence-electron chi connectivity index (χ1n) is 5.17. The van der Waals surface area contributed by atoms with Crippen LogP contribution < -0.4 is 0 Å². The molecule has 2 N–H and O–H groups in total. The van der Waals surface area contributed by atoms with Crippen LogP contribution in [0.15, 0.2) is 34.9 Å². The van der Waals surface area contributed by atoms with Gasteiger partial charge >= 0.3 is 5.97 Å². The van der Waals surface area contributed by atoms with Crippen LogP contribution in [0, 0.1) is 0 Å². The zero-order valence-corrected chi connectivity index (χ0v) is 9.29. The Hall–Kier alpha value is -2.40. The highest BCUT2D eigenvalue weighted by Crippen LogP contribution is 2.28. The third-order valence-electron chi connectivity index (χ3n) is 2.59. The highest BCUT2D eigenvalue weighted by Gasteiger charge is 2.16. The largest absolute Gasteiger partial charge is 0.478 e. The highest BCUT2D eigenvalue weighted by atomic mass is 16.4. The molecule has 5 heteroatoms. The zero-order chi connectivity index (χ0) is 13.1. The summed E-state index contributed by atoms with van der Waals surface area (Å²) >= 11 is 0. The Bertz CT molecular complexity index is 597. The minimum Gasteiger partial charge on any atom is -0.478 e. The minimum atomic E-state index is -1.10. The first kappa shape index (κ1) is 12.1. The number of carboxylic acids is 1. The number of carbonyl (C=O) groups excluding carboxylic acids is 1. The lowest BCUT2D eigenvalue weighted by molar-refractivity contribution is 0.0697. The number of aromatic carboxylic acids is 1. The van der Waals surface area contributed by atoms with Gasteiger partial charge in [-0.3, -0.25) is 4.79 Å². The number of furan rings is 1. The molecule has 1 aromatic heterocycles. The summed E-state index contributed by atoms with van der Waals surface area (Å²) in [5, 5.41) is 18.2. The maximum Gasteiger partial charge on any atom is 0.336 e. The van der Waals surface area contributed by atoms with Crippen molar-refractivity contribution in [2.75, 3.05) is 0 Å². The predicted octanol–water partition coefficient (Wildman–Crippen LogP) is 1.95. The van der Waals surface area contributed by atoms with Crippen LogP contribution >= 0.6 is 0 Å². The van der Waals surface area contributed by atoms with E-state index in [1.807, 2.05) is 0 Å². The average molecular weight is 246 g/mol. The van der Waals surface area contributed by atoms with Crippen molar-refractivity contribution in [2.45, 2.75) is 6.61 Å². The van der Waals surface area contributed by atoms with Crippen LogP contribution in [0.1, 0.15) is 26.5 Å². The molecule has 5 nitrogen and oxygen atoms in total. The normalized spacial score (nSPS) is 10.3. The summed E-state index contributed by atoms with van der Waals surface area (Å²) < 4.78 is 4.95. The molecule has 18 heavy (non-hydrogen) atoms. The summed E-state index contributed by atoms with van der Waals surface area (Å²) in [6, 6.07) is 5.96. The Morgan fingerprint density at radius 3 is 2.67 bits per heavy atom. The Balaban J connectivity index is 2.67. The van der Waals surface area contributed by atoms with Crippen molar-refractivity contribution < 1.29 is 24.2 Å². The van der Waals surface area contributed by atoms with Gasteiger partial charge in [-0.1, -0.05) is 6.07 Å². The fraction of sp³-hybridized carbons (Fsp3) is 0.0769. The van der Waals surface area contributed by atoms with Crippen LogP contribution in [0.5, 0.6) is 0 Å². The van der Waals surface area contributed by atoms with E-state index in [-0.39, 0.29) is 17.9 Å². The van der Waals surface area contributed by atoms with Gasteiger partial charge in [0.25, 0.3) is 0 Å². The summed E-state index contributed by atoms with van der Waals surface area (Å²) in [4.78, 5) is 21.9. The van der Waals surface area contributed by atoms with Crippen LogP contribution in [-0.4, -0.2) is 22.5 Å². The molecular weight excluding hydrogens is 236 g/mol. The number of rotatable bonds is 4. The summed E-state index contributed by atoms with van der Waals surface area (Å²) in [5.41, 5.74) is 1.37. The zero-order valence-electron chi connectivity index (χ0n) is 9.29. The lowest BCUT2D eigenvalue weighted by Gasteiger charge is -2.06. The summed E-state index contributed by atoms with van der Waals surface area (Å²) in [5.74, 6) is -1.04. The molecule has 0 amide bonds. The number of aliphatic hydroxyl groups is 1. The van der Waals surface area contributed by atoms with Crippen LogP contribution in [-0.2, 0) is 6.61 Å². The lowest BCUT2D eigenvalue weighted by atomic mass is 9.98. The topological polar surface area (TPSA) is 87.7 Å². The van der Waals surface area contributed by atoms with Gasteiger partial charge in [0.05, 0.1) is 18.4 Å². The van der Waals surface area contributed by atoms with Crippen molar-refractivity contribution >= 4 is 12.3 Å². The van der Waals surface area contributed by atoms with Crippen molar-refractivity contribution in [3.05, 3.63) is 47.4 Å². The highest BCUT2D eigenvalue weighted by molar-refractivity contribution is 5.98. The van der Waals surface area contributed by atoms with E-state index in [9.17, 15) is 9.59 Å². The molecule has 1 aromatic carbocycles. The molecule has 0 unspecified atom stereocenters. The summed E-state index contributed by atoms with van der Waals surface area (Å²) in [7, 11) is 0. The molecule has 0 saturated carbocycles. The van der Waals surface area contributed by atoms with E-state index in [1.165, 1.54) is 30.5 Å². The van der Waals surface area contributed by atoms with E-state index in [0.717, 1.165) is 0 Å². The minimum absolute atomic E-state index is 0.0525. The molecule has 0 spiro atoms. The fourth-order valence-electron chi connectivity index (χ4n) is 1.73. The SMILES string of the molecule is O=Cc1occc1-c1cc(CO)ccc1C(=O)O. The van der Waals surface area contributed by atoms with Gasteiger partial charge in [-0.05, 0) is 23.8 Å². The molecule has 0 bridgehead atoms. The molecule has 92 valence electrons. The Morgan fingerprint density at radius 2 is 2.06 bits per heavy atom. The number of hydrogen-bond donors (Lipinski definition) is 2. The standard InChI is InChI=1S/C13H10O5/c14-6-8-1-2-10(13(16)17)11(5-8)9-3-4-18-12(9)7-15/h1-5,7,14H,6H2,(H,16,17). The predicted molar refractivity (Wildman–Crippen MR) is 62.4 cm³/mol. The monoisotopic (exact) mass is 246 g/mol. The molecule has 0 aliphatic rings. The van der Waals surface area contributed by atoms with Gasteiger partial charge in [0.2, 0.25) is 0 Å². The number of aldehydes is 1. The first-order chi connectivity index (χ1) is 8.67. The first-order valence-corrected chi connectivity index (χ1v) is 5.17. The molecule has 0 fully saturated rings. The lowest BCUT2D eigenvalue weighted by Crippen LogP contribution is -2.01. The maximum absolute atomic E-state index is 11.1. The van der Waals surface area contributed by atoms with Gasteiger partial charge in [0.1, 0.15) is 0 Å². The van der Waals surface area contributed by atoms with Crippen LogP contribution in [0.2, 0.25) is 0 Å². The molecule has 0 radical (unpaired) electrons. The van der Waals surface area contributed by atoms with Crippen molar-refractivity contribution in [2.24, 2.45) is 0 Å². The second kappa shape index (κ2) is 4.85. The van der Waals surface area contributed by atoms with Gasteiger partial charge in [-0.25, -0.2) is 4.79 Å². The van der Waals surface area contributed by atoms with Gasteiger partial charge in [0.15, 0.2) is 12.0 Å². The number of hydrogen-bond acceptors (Lipinski definition) is 4. The van der Waals surface area contributed by atoms with E-state index in [1.54, 1.807) is 0 Å². The number of aliphatic hydroxyl groups excluding tert-OH is 1. The molecule has 0 aliphatic carbocycles. The molecule has 2 aromatic rings. The summed E-state index contributed by atoms with van der Waals surface area (Å²) in [6.07, 6.45) is 1.84. The van der Waals surface area contributed by atoms with E-state index < -0.39 is 5.97 Å². The molecular formula is C13H10O5. The fourth-order valence-corrected chi connectivity index (χ4v) is 1.73. The second-order valence-corrected chi connectivity index (χ2v) is 3.66. The molecule has 1 heterocycles. The van der Waals surface area contributed by atoms with Crippen LogP contribution in [0.3, 0.4) is 0 Å². The van der Waals surface area contributed by atoms with E-state index >= 15 is 0 Å². The molecule has 0 atom stereocenters. The summed E-state index contributed by atoms with van der Waals surface area (Å²) in [6.45, 7) is -0.207. The third kappa shape index (κ3) is 2.03. The Labute approximate surface area is 102 Å². The third-order valence-corrected chi connectivity index (χ3v) is 2.59. The smallest absolute Gasteiger partial charge is 0.336 e. The van der Waals surface area contributed by atoms with Gasteiger partial charge in [0, 0.05) is 11.1 Å². The van der Waals surface area contributed by atoms with Crippen molar-refractivity contribution in [1.29, 1.82) is 0 Å². The maximum atomic E-state index is 11.1. The van der Waals surface area contributed by atoms with E-state index in [0.29, 0.717) is 23.0 Å². The van der Waals surface area contributed by atoms with Crippen molar-refractivity contribution in [1.82, 2.24) is 0 Å². The quantitative estimate of drug-likeness (QED) is 0.805. The van der Waals surface area contributed by atoms with E-state index in [2.05, 4.69) is 0 Å². The Morgan fingerprint density at radius 1 is 1.28 bits per heavy atom. The van der Waals surface area contributed by atoms with Gasteiger partial charge in [-0.15, -0.1) is 0 Å². The Kier molecular flexibility index (Phi) is 3.25. The molecule has 2 rings (SSSR count). The number of carboxylic acid groups (broad SMARTS) is 1. The van der Waals surface area contributed by atoms with Crippen molar-refractivity contribution in [3.8, 4) is 11.1 Å². The molecule has 0 aliphatic heterocycles. The van der Waals surface area contributed by atoms with Gasteiger partial charge < -0.3 is 14.6 Å². The van der Waals surface area contributed by atoms with Crippen LogP contribution in [0.25, 0.3) is 11.1 Å².